The Bertz CT molecular complexity index is 186. The van der Waals surface area contributed by atoms with Crippen molar-refractivity contribution in [2.45, 2.75) is 73.5 Å². The maximum Gasteiger partial charge on any atom is 0.0832 e. The van der Waals surface area contributed by atoms with Gasteiger partial charge < -0.3 is 4.74 Å². The van der Waals surface area contributed by atoms with Gasteiger partial charge in [0.15, 0.2) is 0 Å². The number of hydrogen-bond acceptors (Lipinski definition) is 2. The van der Waals surface area contributed by atoms with Gasteiger partial charge in [0.2, 0.25) is 0 Å². The van der Waals surface area contributed by atoms with Crippen molar-refractivity contribution in [2.75, 3.05) is 19.6 Å². The highest BCUT2D eigenvalue weighted by atomic mass is 16.5. The molecule has 0 unspecified atom stereocenters. The number of likely N-dealkylation sites (tertiary alicyclic amines) is 1. The fraction of sp³-hybridized carbons (Fsp3) is 1.00. The van der Waals surface area contributed by atoms with E-state index in [-0.39, 0.29) is 0 Å². The molecule has 0 amide bonds. The second kappa shape index (κ2) is 9.80. The third kappa shape index (κ3) is 8.10. The zero-order valence-electron chi connectivity index (χ0n) is 13.7. The van der Waals surface area contributed by atoms with Gasteiger partial charge in [-0.2, -0.15) is 0 Å². The van der Waals surface area contributed by atoms with Crippen LogP contribution in [0.5, 0.6) is 0 Å². The molecule has 0 aromatic rings. The van der Waals surface area contributed by atoms with Crippen molar-refractivity contribution in [3.63, 3.8) is 0 Å². The van der Waals surface area contributed by atoms with Gasteiger partial charge in [0.05, 0.1) is 12.2 Å². The summed E-state index contributed by atoms with van der Waals surface area (Å²) in [5.41, 5.74) is 0. The Morgan fingerprint density at radius 1 is 1.00 bits per heavy atom. The van der Waals surface area contributed by atoms with E-state index in [0.29, 0.717) is 12.2 Å². The zero-order valence-corrected chi connectivity index (χ0v) is 13.7. The molecule has 0 aromatic carbocycles. The first-order valence-electron chi connectivity index (χ1n) is 7.85. The van der Waals surface area contributed by atoms with Crippen LogP contribution in [-0.4, -0.2) is 36.7 Å². The minimum atomic E-state index is 0.380. The molecule has 0 bridgehead atoms. The van der Waals surface area contributed by atoms with E-state index in [1.807, 2.05) is 13.8 Å². The van der Waals surface area contributed by atoms with E-state index >= 15 is 0 Å². The summed E-state index contributed by atoms with van der Waals surface area (Å²) < 4.78 is 5.75. The summed E-state index contributed by atoms with van der Waals surface area (Å²) in [5, 5.41) is 0. The van der Waals surface area contributed by atoms with Crippen LogP contribution in [0.4, 0.5) is 0 Å². The van der Waals surface area contributed by atoms with Gasteiger partial charge in [0, 0.05) is 19.6 Å². The Kier molecular flexibility index (Phi) is 9.76. The third-order valence-electron chi connectivity index (χ3n) is 3.19. The average Bonchev–Trinajstić information content (AvgIpc) is 2.25. The van der Waals surface area contributed by atoms with Crippen molar-refractivity contribution < 1.29 is 4.74 Å². The zero-order chi connectivity index (χ0) is 14.1. The van der Waals surface area contributed by atoms with Gasteiger partial charge in [-0.1, -0.05) is 41.0 Å². The maximum atomic E-state index is 5.75. The molecule has 2 heteroatoms. The van der Waals surface area contributed by atoms with Crippen LogP contribution in [0.1, 0.15) is 61.3 Å². The van der Waals surface area contributed by atoms with E-state index in [4.69, 9.17) is 4.74 Å². The number of rotatable bonds is 7. The van der Waals surface area contributed by atoms with Crippen molar-refractivity contribution in [1.82, 2.24) is 4.90 Å². The maximum absolute atomic E-state index is 5.75. The molecule has 1 atom stereocenters. The monoisotopic (exact) mass is 257 g/mol. The first kappa shape index (κ1) is 17.9. The van der Waals surface area contributed by atoms with E-state index in [0.717, 1.165) is 24.9 Å². The average molecular weight is 257 g/mol. The highest BCUT2D eigenvalue weighted by Crippen LogP contribution is 2.18. The van der Waals surface area contributed by atoms with Crippen LogP contribution in [0.25, 0.3) is 0 Å². The molecule has 1 saturated heterocycles. The van der Waals surface area contributed by atoms with E-state index < -0.39 is 0 Å². The second-order valence-electron chi connectivity index (χ2n) is 6.10. The lowest BCUT2D eigenvalue weighted by Crippen LogP contribution is -2.54. The van der Waals surface area contributed by atoms with Crippen LogP contribution < -0.4 is 0 Å². The SMILES string of the molecule is CC.CC(C)CC[C@H](C)CN1CC(OC(C)C)C1. The fourth-order valence-electron chi connectivity index (χ4n) is 2.29. The number of nitrogens with zero attached hydrogens (tertiary/aromatic N) is 1. The summed E-state index contributed by atoms with van der Waals surface area (Å²) in [5.74, 6) is 1.68. The number of ether oxygens (including phenoxy) is 1. The molecule has 1 fully saturated rings. The fourth-order valence-corrected chi connectivity index (χ4v) is 2.29. The molecule has 1 heterocycles. The normalized spacial score (nSPS) is 18.5. The predicted octanol–water partition coefficient (Wildman–Crippen LogP) is 4.19. The smallest absolute Gasteiger partial charge is 0.0832 e. The molecule has 2 nitrogen and oxygen atoms in total. The van der Waals surface area contributed by atoms with Gasteiger partial charge in [0.1, 0.15) is 0 Å². The Morgan fingerprint density at radius 2 is 1.56 bits per heavy atom. The first-order chi connectivity index (χ1) is 8.47. The molecule has 1 rings (SSSR count). The summed E-state index contributed by atoms with van der Waals surface area (Å²) >= 11 is 0. The Balaban J connectivity index is 0.00000137. The molecule has 0 saturated carbocycles. The Hall–Kier alpha value is -0.0800. The molecule has 0 aromatic heterocycles. The predicted molar refractivity (Wildman–Crippen MR) is 81.0 cm³/mol. The molecule has 1 aliphatic rings. The third-order valence-corrected chi connectivity index (χ3v) is 3.19. The summed E-state index contributed by atoms with van der Waals surface area (Å²) in [7, 11) is 0. The van der Waals surface area contributed by atoms with Crippen LogP contribution >= 0.6 is 0 Å². The van der Waals surface area contributed by atoms with Crippen LogP contribution in [0, 0.1) is 11.8 Å². The van der Waals surface area contributed by atoms with Crippen molar-refractivity contribution in [3.05, 3.63) is 0 Å². The lowest BCUT2D eigenvalue weighted by molar-refractivity contribution is -0.0840. The van der Waals surface area contributed by atoms with Crippen LogP contribution in [0.2, 0.25) is 0 Å². The van der Waals surface area contributed by atoms with E-state index in [1.54, 1.807) is 0 Å². The molecule has 110 valence electrons. The largest absolute Gasteiger partial charge is 0.373 e. The summed E-state index contributed by atoms with van der Waals surface area (Å²) in [6.07, 6.45) is 3.60. The number of hydrogen-bond donors (Lipinski definition) is 0. The van der Waals surface area contributed by atoms with Crippen LogP contribution in [0.15, 0.2) is 0 Å². The summed E-state index contributed by atoms with van der Waals surface area (Å²) in [6, 6.07) is 0. The minimum absolute atomic E-state index is 0.380. The lowest BCUT2D eigenvalue weighted by atomic mass is 9.97. The van der Waals surface area contributed by atoms with E-state index in [2.05, 4.69) is 39.5 Å². The molecule has 0 spiro atoms. The highest BCUT2D eigenvalue weighted by Gasteiger charge is 2.28. The topological polar surface area (TPSA) is 12.5 Å². The van der Waals surface area contributed by atoms with Gasteiger partial charge in [-0.25, -0.2) is 0 Å². The van der Waals surface area contributed by atoms with E-state index in [9.17, 15) is 0 Å². The molecular formula is C16H35NO. The molecule has 0 aliphatic carbocycles. The Morgan fingerprint density at radius 3 is 2.00 bits per heavy atom. The van der Waals surface area contributed by atoms with Gasteiger partial charge in [0.25, 0.3) is 0 Å². The van der Waals surface area contributed by atoms with Gasteiger partial charge in [-0.05, 0) is 32.1 Å². The van der Waals surface area contributed by atoms with Crippen LogP contribution in [-0.2, 0) is 4.74 Å². The molecule has 18 heavy (non-hydrogen) atoms. The lowest BCUT2D eigenvalue weighted by Gasteiger charge is -2.41. The highest BCUT2D eigenvalue weighted by molar-refractivity contribution is 4.82. The van der Waals surface area contributed by atoms with Crippen molar-refractivity contribution in [2.24, 2.45) is 11.8 Å². The molecular weight excluding hydrogens is 222 g/mol. The minimum Gasteiger partial charge on any atom is -0.373 e. The van der Waals surface area contributed by atoms with Crippen molar-refractivity contribution in [3.8, 4) is 0 Å². The first-order valence-corrected chi connectivity index (χ1v) is 7.85. The summed E-state index contributed by atoms with van der Waals surface area (Å²) in [4.78, 5) is 2.53. The van der Waals surface area contributed by atoms with Crippen molar-refractivity contribution in [1.29, 1.82) is 0 Å². The van der Waals surface area contributed by atoms with Gasteiger partial charge in [-0.15, -0.1) is 0 Å². The van der Waals surface area contributed by atoms with Gasteiger partial charge >= 0.3 is 0 Å². The Labute approximate surface area is 115 Å². The summed E-state index contributed by atoms with van der Waals surface area (Å²) in [6.45, 7) is 18.8. The van der Waals surface area contributed by atoms with Crippen LogP contribution in [0.3, 0.4) is 0 Å². The molecule has 1 aliphatic heterocycles. The molecule has 0 radical (unpaired) electrons. The quantitative estimate of drug-likeness (QED) is 0.678. The van der Waals surface area contributed by atoms with Gasteiger partial charge in [-0.3, -0.25) is 4.90 Å². The molecule has 0 N–H and O–H groups in total. The van der Waals surface area contributed by atoms with Crippen molar-refractivity contribution >= 4 is 0 Å². The standard InChI is InChI=1S/C14H29NO.C2H6/c1-11(2)6-7-13(5)8-15-9-14(10-15)16-12(3)4;1-2/h11-14H,6-10H2,1-5H3;1-2H3/t13-;/m0./s1. The van der Waals surface area contributed by atoms with E-state index in [1.165, 1.54) is 19.4 Å². The second-order valence-corrected chi connectivity index (χ2v) is 6.10.